The molecule has 188 valence electrons. The number of benzene rings is 1. The van der Waals surface area contributed by atoms with Crippen molar-refractivity contribution in [3.05, 3.63) is 114 Å². The summed E-state index contributed by atoms with van der Waals surface area (Å²) >= 11 is 1.68. The second-order valence-electron chi connectivity index (χ2n) is 9.33. The van der Waals surface area contributed by atoms with E-state index in [9.17, 15) is 0 Å². The van der Waals surface area contributed by atoms with Gasteiger partial charge in [-0.25, -0.2) is 9.97 Å². The number of hydrogen-bond donors (Lipinski definition) is 3. The van der Waals surface area contributed by atoms with Crippen LogP contribution in [0.1, 0.15) is 5.56 Å². The van der Waals surface area contributed by atoms with Crippen molar-refractivity contribution in [2.45, 2.75) is 6.42 Å². The molecule has 0 fully saturated rings. The number of fused-ring (bicyclic) bond motifs is 2. The Bertz CT molecular complexity index is 1930. The Kier molecular flexibility index (Phi) is 5.71. The van der Waals surface area contributed by atoms with Gasteiger partial charge in [0.1, 0.15) is 16.9 Å². The van der Waals surface area contributed by atoms with Gasteiger partial charge in [0.25, 0.3) is 0 Å². The lowest BCUT2D eigenvalue weighted by Crippen LogP contribution is -2.02. The highest BCUT2D eigenvalue weighted by Gasteiger charge is 2.16. The zero-order valence-corrected chi connectivity index (χ0v) is 21.7. The predicted molar refractivity (Wildman–Crippen MR) is 158 cm³/mol. The Labute approximate surface area is 228 Å². The van der Waals surface area contributed by atoms with Gasteiger partial charge >= 0.3 is 0 Å². The highest BCUT2D eigenvalue weighted by molar-refractivity contribution is 7.08. The third-order valence-electron chi connectivity index (χ3n) is 6.64. The van der Waals surface area contributed by atoms with Crippen LogP contribution in [0.3, 0.4) is 0 Å². The Morgan fingerprint density at radius 3 is 2.77 bits per heavy atom. The quantitative estimate of drug-likeness (QED) is 0.201. The lowest BCUT2D eigenvalue weighted by Gasteiger charge is -2.11. The predicted octanol–water partition coefficient (Wildman–Crippen LogP) is 7.46. The van der Waals surface area contributed by atoms with Crippen LogP contribution in [0, 0.1) is 0 Å². The molecule has 0 saturated carbocycles. The van der Waals surface area contributed by atoms with E-state index in [0.29, 0.717) is 0 Å². The number of anilines is 1. The van der Waals surface area contributed by atoms with Crippen molar-refractivity contribution in [1.29, 1.82) is 0 Å². The number of nitrogens with zero attached hydrogens (tertiary/aromatic N) is 4. The Morgan fingerprint density at radius 1 is 0.974 bits per heavy atom. The SMILES string of the molecule is C=C(Cc1ccccc1)Nc1cncc(-c2ccc3[nH]nc(-c4cc5c(-c6ccsc6)ccnc5[nH]4)c3n2)c1. The molecule has 8 heteroatoms. The van der Waals surface area contributed by atoms with E-state index >= 15 is 0 Å². The van der Waals surface area contributed by atoms with Crippen LogP contribution in [0.5, 0.6) is 0 Å². The van der Waals surface area contributed by atoms with Gasteiger partial charge < -0.3 is 10.3 Å². The van der Waals surface area contributed by atoms with Crippen LogP contribution < -0.4 is 5.32 Å². The molecule has 0 aliphatic heterocycles. The smallest absolute Gasteiger partial charge is 0.138 e. The van der Waals surface area contributed by atoms with Gasteiger partial charge in [-0.05, 0) is 63.8 Å². The fourth-order valence-electron chi connectivity index (χ4n) is 4.81. The van der Waals surface area contributed by atoms with Gasteiger partial charge in [0, 0.05) is 35.5 Å². The maximum absolute atomic E-state index is 4.99. The van der Waals surface area contributed by atoms with Crippen LogP contribution in [0.2, 0.25) is 0 Å². The number of H-pyrrole nitrogens is 2. The molecule has 0 aliphatic carbocycles. The minimum Gasteiger partial charge on any atom is -0.358 e. The summed E-state index contributed by atoms with van der Waals surface area (Å²) in [5, 5.41) is 16.4. The summed E-state index contributed by atoms with van der Waals surface area (Å²) in [6.45, 7) is 4.19. The van der Waals surface area contributed by atoms with Crippen molar-refractivity contribution < 1.29 is 0 Å². The van der Waals surface area contributed by atoms with E-state index in [1.165, 1.54) is 11.1 Å². The molecule has 0 amide bonds. The van der Waals surface area contributed by atoms with Crippen LogP contribution in [-0.4, -0.2) is 30.1 Å². The molecular weight excluding hydrogens is 502 g/mol. The Balaban J connectivity index is 1.21. The summed E-state index contributed by atoms with van der Waals surface area (Å²) in [6.07, 6.45) is 6.18. The first-order valence-electron chi connectivity index (χ1n) is 12.5. The second kappa shape index (κ2) is 9.66. The van der Waals surface area contributed by atoms with E-state index in [2.05, 4.69) is 72.1 Å². The van der Waals surface area contributed by atoms with Crippen molar-refractivity contribution in [3.63, 3.8) is 0 Å². The molecular formula is C31H23N7S. The van der Waals surface area contributed by atoms with Gasteiger partial charge in [-0.15, -0.1) is 0 Å². The van der Waals surface area contributed by atoms with Crippen LogP contribution >= 0.6 is 11.3 Å². The maximum Gasteiger partial charge on any atom is 0.138 e. The zero-order chi connectivity index (χ0) is 26.2. The number of pyridine rings is 3. The fourth-order valence-corrected chi connectivity index (χ4v) is 5.47. The average molecular weight is 526 g/mol. The molecule has 7 aromatic rings. The molecule has 7 nitrogen and oxygen atoms in total. The van der Waals surface area contributed by atoms with Crippen molar-refractivity contribution in [2.75, 3.05) is 5.32 Å². The summed E-state index contributed by atoms with van der Waals surface area (Å²) in [6, 6.07) is 22.6. The van der Waals surface area contributed by atoms with Gasteiger partial charge in [0.05, 0.1) is 28.8 Å². The van der Waals surface area contributed by atoms with Gasteiger partial charge in [-0.2, -0.15) is 16.4 Å². The zero-order valence-electron chi connectivity index (χ0n) is 20.8. The van der Waals surface area contributed by atoms with Crippen LogP contribution in [0.15, 0.2) is 108 Å². The molecule has 0 unspecified atom stereocenters. The van der Waals surface area contributed by atoms with Gasteiger partial charge in [0.15, 0.2) is 0 Å². The third-order valence-corrected chi connectivity index (χ3v) is 7.33. The van der Waals surface area contributed by atoms with Crippen LogP contribution in [-0.2, 0) is 6.42 Å². The molecule has 0 atom stereocenters. The molecule has 6 aromatic heterocycles. The maximum atomic E-state index is 4.99. The highest BCUT2D eigenvalue weighted by Crippen LogP contribution is 2.34. The van der Waals surface area contributed by atoms with Crippen LogP contribution in [0.4, 0.5) is 5.69 Å². The monoisotopic (exact) mass is 525 g/mol. The van der Waals surface area contributed by atoms with E-state index in [4.69, 9.17) is 4.98 Å². The third kappa shape index (κ3) is 4.47. The molecule has 7 rings (SSSR count). The van der Waals surface area contributed by atoms with Gasteiger partial charge in [-0.1, -0.05) is 36.9 Å². The first kappa shape index (κ1) is 23.1. The van der Waals surface area contributed by atoms with E-state index in [1.54, 1.807) is 17.5 Å². The van der Waals surface area contributed by atoms with E-state index in [0.717, 1.165) is 68.1 Å². The normalized spacial score (nSPS) is 11.3. The number of nitrogens with one attached hydrogen (secondary N) is 3. The van der Waals surface area contributed by atoms with Crippen LogP contribution in [0.25, 0.3) is 55.8 Å². The molecule has 1 aromatic carbocycles. The summed E-state index contributed by atoms with van der Waals surface area (Å²) in [5.41, 5.74) is 11.1. The molecule has 0 radical (unpaired) electrons. The van der Waals surface area contributed by atoms with Gasteiger partial charge in [0.2, 0.25) is 0 Å². The number of allylic oxidation sites excluding steroid dienone is 1. The molecule has 39 heavy (non-hydrogen) atoms. The van der Waals surface area contributed by atoms with Crippen molar-refractivity contribution in [3.8, 4) is 33.8 Å². The topological polar surface area (TPSA) is 95.2 Å². The number of hydrogen-bond acceptors (Lipinski definition) is 6. The van der Waals surface area contributed by atoms with Crippen molar-refractivity contribution >= 4 is 39.1 Å². The Morgan fingerprint density at radius 2 is 1.90 bits per heavy atom. The fraction of sp³-hybridized carbons (Fsp3) is 0.0323. The standard InChI is InChI=1S/C31H23N7S/c1-19(13-20-5-3-2-4-6-20)34-23-14-22(16-32-17-23)26-7-8-27-29(35-26)30(38-37-27)28-15-25-24(21-10-12-39-18-21)9-11-33-31(25)36-28/h2-12,14-18,34H,1,13H2,(H,33,36)(H,37,38). The van der Waals surface area contributed by atoms with E-state index in [1.807, 2.05) is 54.9 Å². The lowest BCUT2D eigenvalue weighted by molar-refractivity contribution is 1.12. The number of aromatic amines is 2. The molecule has 0 aliphatic rings. The average Bonchev–Trinajstić information content (AvgIpc) is 3.73. The summed E-state index contributed by atoms with van der Waals surface area (Å²) in [7, 11) is 0. The highest BCUT2D eigenvalue weighted by atomic mass is 32.1. The summed E-state index contributed by atoms with van der Waals surface area (Å²) in [5.74, 6) is 0. The van der Waals surface area contributed by atoms with E-state index in [-0.39, 0.29) is 0 Å². The first-order valence-corrected chi connectivity index (χ1v) is 13.5. The molecule has 0 spiro atoms. The number of aromatic nitrogens is 6. The Hall–Kier alpha value is -5.08. The second-order valence-corrected chi connectivity index (χ2v) is 10.1. The minimum absolute atomic E-state index is 0.737. The molecule has 6 heterocycles. The largest absolute Gasteiger partial charge is 0.358 e. The van der Waals surface area contributed by atoms with Crippen molar-refractivity contribution in [1.82, 2.24) is 30.1 Å². The molecule has 0 bridgehead atoms. The van der Waals surface area contributed by atoms with Gasteiger partial charge in [-0.3, -0.25) is 10.1 Å². The summed E-state index contributed by atoms with van der Waals surface area (Å²) in [4.78, 5) is 17.4. The lowest BCUT2D eigenvalue weighted by atomic mass is 10.1. The molecule has 3 N–H and O–H groups in total. The first-order chi connectivity index (χ1) is 19.2. The van der Waals surface area contributed by atoms with Crippen molar-refractivity contribution in [2.24, 2.45) is 0 Å². The number of rotatable bonds is 7. The van der Waals surface area contributed by atoms with E-state index < -0.39 is 0 Å². The minimum atomic E-state index is 0.737. The number of thiophene rings is 1. The molecule has 0 saturated heterocycles. The summed E-state index contributed by atoms with van der Waals surface area (Å²) < 4.78 is 0.